The quantitative estimate of drug-likeness (QED) is 0.766. The lowest BCUT2D eigenvalue weighted by Crippen LogP contribution is -2.62. The minimum Gasteiger partial charge on any atom is -0.436 e. The van der Waals surface area contributed by atoms with Crippen molar-refractivity contribution in [2.75, 3.05) is 20.8 Å². The highest BCUT2D eigenvalue weighted by atomic mass is 16.7. The van der Waals surface area contributed by atoms with Crippen LogP contribution in [0.15, 0.2) is 28.7 Å². The number of carbonyl (C=O) groups is 1. The summed E-state index contributed by atoms with van der Waals surface area (Å²) < 4.78 is 23.0. The lowest BCUT2D eigenvalue weighted by Gasteiger charge is -2.49. The summed E-state index contributed by atoms with van der Waals surface area (Å²) in [7, 11) is 3.01. The van der Waals surface area contributed by atoms with Gasteiger partial charge < -0.3 is 18.6 Å². The number of fused-ring (bicyclic) bond motifs is 3. The first-order chi connectivity index (χ1) is 12.5. The first kappa shape index (κ1) is 17.4. The number of hydrogen-bond acceptors (Lipinski definition) is 6. The topological polar surface area (TPSA) is 70.8 Å². The number of carbonyl (C=O) groups excluding carboxylic acids is 1. The Morgan fingerprint density at radius 2 is 2.08 bits per heavy atom. The molecule has 3 aliphatic rings. The van der Waals surface area contributed by atoms with Crippen LogP contribution >= 0.6 is 0 Å². The smallest absolute Gasteiger partial charge is 0.236 e. The molecule has 5 rings (SSSR count). The molecule has 6 nitrogen and oxygen atoms in total. The van der Waals surface area contributed by atoms with Crippen LogP contribution in [0, 0.1) is 18.8 Å². The van der Waals surface area contributed by atoms with Crippen LogP contribution in [-0.4, -0.2) is 43.5 Å². The Labute approximate surface area is 152 Å². The number of aromatic nitrogens is 1. The van der Waals surface area contributed by atoms with E-state index in [2.05, 4.69) is 4.98 Å². The van der Waals surface area contributed by atoms with Gasteiger partial charge in [-0.15, -0.1) is 0 Å². The Hall–Kier alpha value is -2.02. The molecule has 6 heteroatoms. The lowest BCUT2D eigenvalue weighted by atomic mass is 9.65. The van der Waals surface area contributed by atoms with Gasteiger partial charge in [-0.1, -0.05) is 12.1 Å². The molecule has 138 valence electrons. The maximum Gasteiger partial charge on any atom is 0.236 e. The van der Waals surface area contributed by atoms with Crippen molar-refractivity contribution in [1.29, 1.82) is 0 Å². The molecule has 1 aromatic carbocycles. The lowest BCUT2D eigenvalue weighted by molar-refractivity contribution is -0.243. The Balaban J connectivity index is 1.83. The molecule has 3 aliphatic carbocycles. The van der Waals surface area contributed by atoms with Crippen molar-refractivity contribution < 1.29 is 23.4 Å². The SMILES string of the molecule is CCO[C@H]1C[C@H]2C(c3nc4ccc(C)cc4o3)=C[C@@H]1C(=O)C2(OC)OC. The average Bonchev–Trinajstić information content (AvgIpc) is 3.06. The van der Waals surface area contributed by atoms with Crippen molar-refractivity contribution in [3.05, 3.63) is 35.7 Å². The number of ether oxygens (including phenoxy) is 3. The maximum atomic E-state index is 13.0. The molecule has 0 saturated heterocycles. The first-order valence-electron chi connectivity index (χ1n) is 8.89. The van der Waals surface area contributed by atoms with Crippen LogP contribution in [-0.2, 0) is 19.0 Å². The number of ketones is 1. The molecule has 0 spiro atoms. The van der Waals surface area contributed by atoms with Gasteiger partial charge in [0.05, 0.1) is 17.9 Å². The summed E-state index contributed by atoms with van der Waals surface area (Å²) in [5.41, 5.74) is 3.48. The van der Waals surface area contributed by atoms with Crippen LogP contribution in [0.4, 0.5) is 0 Å². The van der Waals surface area contributed by atoms with E-state index in [9.17, 15) is 4.79 Å². The number of oxazole rings is 1. The molecule has 1 aromatic heterocycles. The summed E-state index contributed by atoms with van der Waals surface area (Å²) in [6, 6.07) is 5.90. The number of rotatable bonds is 5. The van der Waals surface area contributed by atoms with E-state index in [1.54, 1.807) is 0 Å². The van der Waals surface area contributed by atoms with E-state index in [0.29, 0.717) is 18.9 Å². The van der Waals surface area contributed by atoms with E-state index >= 15 is 0 Å². The highest BCUT2D eigenvalue weighted by molar-refractivity contribution is 5.98. The molecule has 1 heterocycles. The number of methoxy groups -OCH3 is 2. The normalized spacial score (nSPS) is 27.2. The standard InChI is InChI=1S/C20H23NO5/c1-5-25-16-10-14-12(9-13(16)18(22)20(14,23-3)24-4)19-21-15-7-6-11(2)8-17(15)26-19/h6-9,13-14,16H,5,10H2,1-4H3/t13-,14-,16-/m0/s1. The molecule has 0 amide bonds. The third kappa shape index (κ3) is 2.36. The minimum absolute atomic E-state index is 0.104. The van der Waals surface area contributed by atoms with Gasteiger partial charge >= 0.3 is 0 Å². The molecule has 26 heavy (non-hydrogen) atoms. The summed E-state index contributed by atoms with van der Waals surface area (Å²) in [6.45, 7) is 4.50. The highest BCUT2D eigenvalue weighted by Gasteiger charge is 2.61. The molecular weight excluding hydrogens is 334 g/mol. The molecular formula is C20H23NO5. The fourth-order valence-corrected chi connectivity index (χ4v) is 4.26. The maximum absolute atomic E-state index is 13.0. The Morgan fingerprint density at radius 3 is 2.77 bits per heavy atom. The van der Waals surface area contributed by atoms with E-state index in [4.69, 9.17) is 18.6 Å². The third-order valence-electron chi connectivity index (χ3n) is 5.49. The van der Waals surface area contributed by atoms with E-state index in [-0.39, 0.29) is 17.8 Å². The van der Waals surface area contributed by atoms with Crippen molar-refractivity contribution in [2.24, 2.45) is 11.8 Å². The second-order valence-corrected chi connectivity index (χ2v) is 6.86. The minimum atomic E-state index is -1.32. The zero-order valence-corrected chi connectivity index (χ0v) is 15.4. The van der Waals surface area contributed by atoms with E-state index in [0.717, 1.165) is 22.2 Å². The molecule has 2 bridgehead atoms. The van der Waals surface area contributed by atoms with Crippen LogP contribution in [0.3, 0.4) is 0 Å². The van der Waals surface area contributed by atoms with Gasteiger partial charge in [0, 0.05) is 26.4 Å². The number of Topliss-reactive ketones (excluding diaryl/α,β-unsaturated/α-hetero) is 1. The zero-order valence-electron chi connectivity index (χ0n) is 15.4. The molecule has 0 unspecified atom stereocenters. The van der Waals surface area contributed by atoms with Gasteiger partial charge in [0.25, 0.3) is 0 Å². The summed E-state index contributed by atoms with van der Waals surface area (Å²) in [6.07, 6.45) is 2.37. The predicted octanol–water partition coefficient (Wildman–Crippen LogP) is 3.13. The van der Waals surface area contributed by atoms with Gasteiger partial charge in [-0.3, -0.25) is 4.79 Å². The third-order valence-corrected chi connectivity index (χ3v) is 5.49. The van der Waals surface area contributed by atoms with Crippen molar-refractivity contribution >= 4 is 22.5 Å². The second kappa shape index (κ2) is 6.30. The average molecular weight is 357 g/mol. The zero-order chi connectivity index (χ0) is 18.5. The van der Waals surface area contributed by atoms with Gasteiger partial charge in [0.15, 0.2) is 5.58 Å². The van der Waals surface area contributed by atoms with Crippen LogP contribution in [0.5, 0.6) is 0 Å². The molecule has 3 atom stereocenters. The van der Waals surface area contributed by atoms with E-state index in [1.165, 1.54) is 14.2 Å². The number of hydrogen-bond donors (Lipinski definition) is 0. The van der Waals surface area contributed by atoms with Gasteiger partial charge in [0.1, 0.15) is 5.52 Å². The van der Waals surface area contributed by atoms with Gasteiger partial charge in [-0.05, 0) is 38.0 Å². The largest absolute Gasteiger partial charge is 0.436 e. The monoisotopic (exact) mass is 357 g/mol. The van der Waals surface area contributed by atoms with Gasteiger partial charge in [-0.25, -0.2) is 4.98 Å². The number of aryl methyl sites for hydroxylation is 1. The van der Waals surface area contributed by atoms with Crippen LogP contribution in [0.25, 0.3) is 16.7 Å². The summed E-state index contributed by atoms with van der Waals surface area (Å²) in [5.74, 6) is -1.68. The molecule has 0 radical (unpaired) electrons. The summed E-state index contributed by atoms with van der Waals surface area (Å²) in [4.78, 5) is 17.7. The fourth-order valence-electron chi connectivity index (χ4n) is 4.26. The summed E-state index contributed by atoms with van der Waals surface area (Å²) >= 11 is 0. The Morgan fingerprint density at radius 1 is 1.31 bits per heavy atom. The molecule has 0 aliphatic heterocycles. The van der Waals surface area contributed by atoms with Crippen LogP contribution in [0.1, 0.15) is 24.8 Å². The Bertz CT molecular complexity index is 879. The summed E-state index contributed by atoms with van der Waals surface area (Å²) in [5, 5.41) is 0. The first-order valence-corrected chi connectivity index (χ1v) is 8.89. The highest BCUT2D eigenvalue weighted by Crippen LogP contribution is 2.51. The predicted molar refractivity (Wildman–Crippen MR) is 95.5 cm³/mol. The van der Waals surface area contributed by atoms with Crippen LogP contribution < -0.4 is 0 Å². The van der Waals surface area contributed by atoms with Crippen molar-refractivity contribution in [2.45, 2.75) is 32.2 Å². The molecule has 0 N–H and O–H groups in total. The molecule has 2 aromatic rings. The molecule has 1 fully saturated rings. The van der Waals surface area contributed by atoms with Crippen molar-refractivity contribution in [3.63, 3.8) is 0 Å². The van der Waals surface area contributed by atoms with Crippen molar-refractivity contribution in [3.8, 4) is 0 Å². The molecule has 1 saturated carbocycles. The van der Waals surface area contributed by atoms with Crippen molar-refractivity contribution in [1.82, 2.24) is 4.98 Å². The van der Waals surface area contributed by atoms with Crippen LogP contribution in [0.2, 0.25) is 0 Å². The number of nitrogens with zero attached hydrogens (tertiary/aromatic N) is 1. The van der Waals surface area contributed by atoms with E-state index < -0.39 is 11.7 Å². The Kier molecular flexibility index (Phi) is 4.22. The van der Waals surface area contributed by atoms with Gasteiger partial charge in [-0.2, -0.15) is 0 Å². The van der Waals surface area contributed by atoms with Gasteiger partial charge in [0.2, 0.25) is 17.5 Å². The number of benzene rings is 1. The fraction of sp³-hybridized carbons (Fsp3) is 0.500. The van der Waals surface area contributed by atoms with E-state index in [1.807, 2.05) is 38.1 Å². The second-order valence-electron chi connectivity index (χ2n) is 6.86.